The van der Waals surface area contributed by atoms with Crippen LogP contribution in [0.5, 0.6) is 17.2 Å². The Balaban J connectivity index is 0.000000378. The van der Waals surface area contributed by atoms with Crippen LogP contribution in [0.4, 0.5) is 0 Å². The minimum Gasteiger partial charge on any atom is -0.483 e. The number of hydrogen-bond donors (Lipinski definition) is 12. The van der Waals surface area contributed by atoms with E-state index in [0.29, 0.717) is 66.0 Å². The summed E-state index contributed by atoms with van der Waals surface area (Å²) in [6.45, 7) is 22.7. The molecule has 13 N–H and O–H groups in total. The summed E-state index contributed by atoms with van der Waals surface area (Å²) in [7, 11) is -4.02. The molecule has 0 saturated heterocycles. The molecule has 28 heteroatoms. The summed E-state index contributed by atoms with van der Waals surface area (Å²) in [5.74, 6) is 0.873. The number of nitrogens with two attached hydrogens (primary N) is 1. The fourth-order valence-electron chi connectivity index (χ4n) is 20.0. The third kappa shape index (κ3) is 40.8. The number of hydrogen-bond acceptors (Lipinski definition) is 22. The van der Waals surface area contributed by atoms with Crippen molar-refractivity contribution in [2.24, 2.45) is 76.7 Å². The van der Waals surface area contributed by atoms with E-state index in [4.69, 9.17) is 39.1 Å². The number of carboxylic acid groups (broad SMARTS) is 2. The molecule has 0 radical (unpaired) electrons. The number of ether oxygens (including phenoxy) is 6. The van der Waals surface area contributed by atoms with Crippen LogP contribution in [-0.4, -0.2) is 177 Å². The lowest BCUT2D eigenvalue weighted by molar-refractivity contribution is -0.150. The Hall–Kier alpha value is -9.36. The number of carbonyl (C=O) groups excluding carboxylic acids is 5. The molecule has 0 heterocycles. The summed E-state index contributed by atoms with van der Waals surface area (Å²) < 4.78 is 61.9. The van der Waals surface area contributed by atoms with E-state index in [0.717, 1.165) is 207 Å². The quantitative estimate of drug-likeness (QED) is 0.00731. The Morgan fingerprint density at radius 2 is 0.771 bits per heavy atom. The highest BCUT2D eigenvalue weighted by Gasteiger charge is 2.48. The first-order valence-corrected chi connectivity index (χ1v) is 51.4. The lowest BCUT2D eigenvalue weighted by atomic mass is 9.73. The lowest BCUT2D eigenvalue weighted by Crippen LogP contribution is -2.47. The van der Waals surface area contributed by atoms with Gasteiger partial charge in [-0.15, -0.1) is 0 Å². The molecule has 2 amide bonds. The number of carboxylic acids is 2. The lowest BCUT2D eigenvalue weighted by Gasteiger charge is -2.32. The second-order valence-corrected chi connectivity index (χ2v) is 40.5. The van der Waals surface area contributed by atoms with Gasteiger partial charge in [0.15, 0.2) is 19.8 Å². The maximum absolute atomic E-state index is 12.9. The van der Waals surface area contributed by atoms with Gasteiger partial charge in [-0.1, -0.05) is 257 Å². The van der Waals surface area contributed by atoms with Gasteiger partial charge in [0, 0.05) is 6.92 Å². The predicted molar refractivity (Wildman–Crippen MR) is 547 cm³/mol. The van der Waals surface area contributed by atoms with Crippen molar-refractivity contribution >= 4 is 51.8 Å². The number of esters is 3. The summed E-state index contributed by atoms with van der Waals surface area (Å²) in [4.78, 5) is 81.3. The highest BCUT2D eigenvalue weighted by atomic mass is 32.2. The van der Waals surface area contributed by atoms with Crippen LogP contribution in [0.3, 0.4) is 0 Å². The number of aliphatic hydroxyl groups is 6. The Labute approximate surface area is 835 Å². The first-order chi connectivity index (χ1) is 65.3. The molecule has 0 bridgehead atoms. The molecule has 12 rings (SSSR count). The maximum Gasteiger partial charge on any atom is 0.341 e. The standard InChI is InChI=1S/C35H49NO6.C28H43NO6.C23H34O5.C12H17NO2.C7H8O3S.C4H8O2.3CH4/c1-4-5-7-14-27(37)16-17-28-29-18-25-13-10-15-32(30(25)19-26(29)20-31(28)38)41-22-33(39)36-34(23(2)3)35(40)42-21-24-11-8-6-9-12-24;1-4-5-6-9-20(30)11-12-21-22-13-18-8-7-10-25(23(18)14-19(22)15-24(21)31)35-16-26(32)29-27(17(2)3)28(33)34;1-2-3-4-7-17(24)9-10-18-19-11-15-6-5-8-22(28-14-23(26)27)20(15)12-16(19)13-21(18)25;1-9(2)11(13)12(14)15-8-10-6-4-3-5-7-10;1-6-2-4-7(5-3-6)11(8,9)10;1-3-6-4(2)5;;;/h6,8-13,15,23,26-29,31,34,37-38H,4-5,7,14,16-22H2,1-3H3,(H,36,39);7-8,10,17,19-22,24,27,30-31H,4-6,9,11-16H2,1-3H3,(H,29,32)(H,33,34);5-6,8,16-19,21,24-25H,2-4,7,9-14H2,1H3,(H,26,27);3-7,9,11H,8,13H2,1-2H3;2-5H,1H3,(H,8,9,10);3H2,1-2H3;3*1H4/t26-,27-,28+,29-,31+,34?;19-,20-,21+,22-,24+,27?;16-,17-,18+,19-,21+;11-;;;;;/m0000...../s1. The van der Waals surface area contributed by atoms with Crippen LogP contribution >= 0.6 is 0 Å². The van der Waals surface area contributed by atoms with E-state index in [1.807, 2.05) is 132 Å². The van der Waals surface area contributed by atoms with E-state index in [1.54, 1.807) is 32.9 Å². The van der Waals surface area contributed by atoms with E-state index >= 15 is 0 Å². The molecule has 6 aromatic rings. The summed E-state index contributed by atoms with van der Waals surface area (Å²) in [5.41, 5.74) is 15.4. The third-order valence-corrected chi connectivity index (χ3v) is 28.5. The SMILES string of the molecule is C.C.C.CC(C)[C@H](N)C(=O)OCc1ccccc1.CCCCC[C@H](O)CC[C@@H]1[C@H]2Cc3cccc(OCC(=O)NC(C(=O)O)C(C)C)c3C[C@H]2C[C@H]1O.CCCCC[C@H](O)CC[C@@H]1[C@H]2Cc3cccc(OCC(=O)NC(C(=O)OCc4ccccc4)C(C)C)c3C[C@H]2C[C@H]1O.CCCCC[C@H](O)CC[C@@H]1[C@H]2Cc3cccc(OCC(=O)O)c3C[C@H]2C[C@H]1O.CCOC(C)=O.Cc1ccc(S(=O)(=O)O)cc1. The van der Waals surface area contributed by atoms with Crippen LogP contribution in [0, 0.1) is 77.9 Å². The van der Waals surface area contributed by atoms with Crippen molar-refractivity contribution in [1.29, 1.82) is 0 Å². The van der Waals surface area contributed by atoms with Gasteiger partial charge in [-0.05, 0) is 275 Å². The fourth-order valence-corrected chi connectivity index (χ4v) is 20.5. The number of unbranched alkanes of at least 4 members (excludes halogenated alkanes) is 6. The number of aryl methyl sites for hydroxylation is 1. The van der Waals surface area contributed by atoms with Gasteiger partial charge in [-0.2, -0.15) is 8.42 Å². The monoisotopic (exact) mass is 1970 g/mol. The van der Waals surface area contributed by atoms with Crippen LogP contribution in [0.2, 0.25) is 0 Å². The fraction of sp³-hybridized carbons (Fsp3) is 0.616. The molecule has 27 nitrogen and oxygen atoms in total. The molecule has 784 valence electrons. The Morgan fingerprint density at radius 1 is 0.429 bits per heavy atom. The highest BCUT2D eigenvalue weighted by molar-refractivity contribution is 7.85. The minimum absolute atomic E-state index is 0. The van der Waals surface area contributed by atoms with Crippen molar-refractivity contribution in [3.8, 4) is 17.2 Å². The Morgan fingerprint density at radius 3 is 1.07 bits per heavy atom. The molecule has 3 fully saturated rings. The number of carbonyl (C=O) groups is 7. The van der Waals surface area contributed by atoms with Crippen molar-refractivity contribution in [1.82, 2.24) is 10.6 Å². The van der Waals surface area contributed by atoms with Gasteiger partial charge in [0.1, 0.15) is 48.6 Å². The van der Waals surface area contributed by atoms with Gasteiger partial charge in [0.2, 0.25) is 0 Å². The second kappa shape index (κ2) is 63.6. The van der Waals surface area contributed by atoms with Crippen LogP contribution < -0.4 is 30.6 Å². The average molecular weight is 1980 g/mol. The first-order valence-electron chi connectivity index (χ1n) is 50.0. The number of amides is 2. The zero-order valence-corrected chi connectivity index (χ0v) is 83.7. The van der Waals surface area contributed by atoms with Gasteiger partial charge in [-0.3, -0.25) is 23.7 Å². The highest BCUT2D eigenvalue weighted by Crippen LogP contribution is 2.52. The van der Waals surface area contributed by atoms with Crippen LogP contribution in [0.15, 0.2) is 144 Å². The molecule has 0 spiro atoms. The van der Waals surface area contributed by atoms with Crippen molar-refractivity contribution in [3.63, 3.8) is 0 Å². The number of rotatable bonds is 44. The van der Waals surface area contributed by atoms with Crippen molar-refractivity contribution < 1.29 is 116 Å². The molecular formula is C112H171N3O24S. The predicted octanol–water partition coefficient (Wildman–Crippen LogP) is 18.1. The number of aliphatic carboxylic acids is 2. The summed E-state index contributed by atoms with van der Waals surface area (Å²) >= 11 is 0. The zero-order valence-electron chi connectivity index (χ0n) is 82.9. The Kier molecular flexibility index (Phi) is 55.9. The maximum atomic E-state index is 12.9. The number of aliphatic hydroxyl groups excluding tert-OH is 6. The molecule has 0 aromatic heterocycles. The molecule has 18 atom stereocenters. The van der Waals surface area contributed by atoms with Gasteiger partial charge in [-0.25, -0.2) is 14.4 Å². The number of benzene rings is 6. The average Bonchev–Trinajstić information content (AvgIpc) is 1.62. The van der Waals surface area contributed by atoms with Gasteiger partial charge in [0.25, 0.3) is 21.9 Å². The molecule has 0 aliphatic heterocycles. The summed E-state index contributed by atoms with van der Waals surface area (Å²) in [5, 5.41) is 87.1. The number of fused-ring (bicyclic) bond motifs is 6. The Bertz CT molecular complexity index is 4750. The third-order valence-electron chi connectivity index (χ3n) is 27.6. The van der Waals surface area contributed by atoms with E-state index in [9.17, 15) is 77.7 Å². The number of nitrogens with one attached hydrogen (secondary N) is 2. The topological polar surface area (TPSA) is 441 Å². The van der Waals surface area contributed by atoms with Gasteiger partial charge < -0.3 is 85.6 Å². The molecular weight excluding hydrogens is 1800 g/mol. The van der Waals surface area contributed by atoms with E-state index in [1.165, 1.54) is 35.7 Å². The summed E-state index contributed by atoms with van der Waals surface area (Å²) in [6, 6.07) is 40.5. The van der Waals surface area contributed by atoms with Gasteiger partial charge in [0.05, 0.1) is 48.1 Å². The summed E-state index contributed by atoms with van der Waals surface area (Å²) in [6.07, 6.45) is 23.0. The molecule has 6 aliphatic rings. The van der Waals surface area contributed by atoms with Crippen LogP contribution in [0.25, 0.3) is 0 Å². The van der Waals surface area contributed by atoms with Crippen LogP contribution in [0.1, 0.15) is 283 Å². The smallest absolute Gasteiger partial charge is 0.341 e. The molecule has 2 unspecified atom stereocenters. The van der Waals surface area contributed by atoms with Crippen LogP contribution in [-0.2, 0) is 110 Å². The van der Waals surface area contributed by atoms with Crippen molar-refractivity contribution in [2.75, 3.05) is 26.4 Å². The largest absolute Gasteiger partial charge is 0.483 e. The molecule has 3 saturated carbocycles. The van der Waals surface area contributed by atoms with Crippen molar-refractivity contribution in [3.05, 3.63) is 190 Å². The minimum atomic E-state index is -4.02. The normalized spacial score (nSPS) is 21.0. The molecule has 6 aromatic carbocycles. The molecule has 140 heavy (non-hydrogen) atoms. The van der Waals surface area contributed by atoms with E-state index < -0.39 is 52.1 Å². The van der Waals surface area contributed by atoms with E-state index in [2.05, 4.69) is 54.3 Å². The van der Waals surface area contributed by atoms with E-state index in [-0.39, 0.29) is 144 Å². The van der Waals surface area contributed by atoms with Crippen molar-refractivity contribution in [2.45, 2.75) is 352 Å². The first kappa shape index (κ1) is 123. The zero-order chi connectivity index (χ0) is 100. The molecule has 6 aliphatic carbocycles. The van der Waals surface area contributed by atoms with Gasteiger partial charge >= 0.3 is 29.8 Å². The second-order valence-electron chi connectivity index (χ2n) is 39.1.